The van der Waals surface area contributed by atoms with E-state index in [1.807, 2.05) is 54.6 Å². The molecule has 0 aliphatic carbocycles. The van der Waals surface area contributed by atoms with Crippen molar-refractivity contribution in [3.63, 3.8) is 0 Å². The van der Waals surface area contributed by atoms with Crippen molar-refractivity contribution in [3.05, 3.63) is 91.0 Å². The Bertz CT molecular complexity index is 719. The van der Waals surface area contributed by atoms with Gasteiger partial charge < -0.3 is 14.8 Å². The van der Waals surface area contributed by atoms with Gasteiger partial charge in [-0.05, 0) is 36.4 Å². The minimum atomic E-state index is -1.10. The van der Waals surface area contributed by atoms with Crippen LogP contribution in [0.3, 0.4) is 0 Å². The van der Waals surface area contributed by atoms with E-state index < -0.39 is 6.29 Å². The number of hydrogen-bond acceptors (Lipinski definition) is 3. The van der Waals surface area contributed by atoms with Crippen LogP contribution in [0.4, 0.5) is 5.69 Å². The minimum Gasteiger partial charge on any atom is -0.446 e. The highest BCUT2D eigenvalue weighted by atomic mass is 16.7. The average Bonchev–Trinajstić information content (AvgIpc) is 2.64. The Labute approximate surface area is 140 Å². The van der Waals surface area contributed by atoms with Crippen LogP contribution in [0.25, 0.3) is 0 Å². The molecule has 4 nitrogen and oxygen atoms in total. The number of amides is 1. The molecule has 0 aliphatic heterocycles. The van der Waals surface area contributed by atoms with Gasteiger partial charge in [0.25, 0.3) is 0 Å². The summed E-state index contributed by atoms with van der Waals surface area (Å²) < 4.78 is 11.4. The van der Waals surface area contributed by atoms with Gasteiger partial charge in [-0.2, -0.15) is 0 Å². The summed E-state index contributed by atoms with van der Waals surface area (Å²) in [5.74, 6) is 0.734. The molecular weight excluding hydrogens is 302 g/mol. The van der Waals surface area contributed by atoms with E-state index in [0.29, 0.717) is 17.2 Å². The second-order valence-corrected chi connectivity index (χ2v) is 5.05. The SMILES string of the molecule is O=C(Nc1ccccc1)C(Oc1ccccc1)Oc1ccccc1. The summed E-state index contributed by atoms with van der Waals surface area (Å²) in [7, 11) is 0. The van der Waals surface area contributed by atoms with Gasteiger partial charge >= 0.3 is 12.2 Å². The first-order chi connectivity index (χ1) is 11.8. The molecule has 0 spiro atoms. The van der Waals surface area contributed by atoms with E-state index in [0.717, 1.165) is 0 Å². The van der Waals surface area contributed by atoms with Gasteiger partial charge in [0.05, 0.1) is 0 Å². The highest BCUT2D eigenvalue weighted by molar-refractivity contribution is 5.93. The van der Waals surface area contributed by atoms with E-state index in [9.17, 15) is 4.79 Å². The first-order valence-corrected chi connectivity index (χ1v) is 7.60. The molecule has 0 unspecified atom stereocenters. The summed E-state index contributed by atoms with van der Waals surface area (Å²) >= 11 is 0. The van der Waals surface area contributed by atoms with Crippen LogP contribution < -0.4 is 14.8 Å². The van der Waals surface area contributed by atoms with Crippen LogP contribution in [0.15, 0.2) is 91.0 Å². The number of hydrogen-bond donors (Lipinski definition) is 1. The molecule has 0 saturated carbocycles. The molecule has 3 aromatic carbocycles. The van der Waals surface area contributed by atoms with Gasteiger partial charge in [-0.15, -0.1) is 0 Å². The molecule has 4 heteroatoms. The third-order valence-electron chi connectivity index (χ3n) is 3.23. The van der Waals surface area contributed by atoms with E-state index in [1.165, 1.54) is 0 Å². The lowest BCUT2D eigenvalue weighted by molar-refractivity contribution is -0.134. The molecule has 0 aromatic heterocycles. The fourth-order valence-electron chi connectivity index (χ4n) is 2.10. The zero-order valence-electron chi connectivity index (χ0n) is 13.0. The van der Waals surface area contributed by atoms with Gasteiger partial charge in [0.1, 0.15) is 11.5 Å². The first kappa shape index (κ1) is 15.6. The zero-order valence-corrected chi connectivity index (χ0v) is 13.0. The minimum absolute atomic E-state index is 0.381. The third kappa shape index (κ3) is 4.36. The summed E-state index contributed by atoms with van der Waals surface area (Å²) in [5.41, 5.74) is 0.681. The largest absolute Gasteiger partial charge is 0.446 e. The molecule has 0 saturated heterocycles. The lowest BCUT2D eigenvalue weighted by Gasteiger charge is -2.20. The summed E-state index contributed by atoms with van der Waals surface area (Å²) in [6.45, 7) is 0. The Morgan fingerprint density at radius 2 is 1.08 bits per heavy atom. The van der Waals surface area contributed by atoms with Gasteiger partial charge in [-0.1, -0.05) is 54.6 Å². The van der Waals surface area contributed by atoms with Crippen molar-refractivity contribution in [1.29, 1.82) is 0 Å². The van der Waals surface area contributed by atoms with Crippen LogP contribution in [-0.2, 0) is 4.79 Å². The lowest BCUT2D eigenvalue weighted by atomic mass is 10.3. The lowest BCUT2D eigenvalue weighted by Crippen LogP contribution is -2.38. The predicted molar refractivity (Wildman–Crippen MR) is 93.0 cm³/mol. The molecule has 120 valence electrons. The number of para-hydroxylation sites is 3. The number of carbonyl (C=O) groups is 1. The van der Waals surface area contributed by atoms with Gasteiger partial charge in [-0.25, -0.2) is 0 Å². The van der Waals surface area contributed by atoms with E-state index >= 15 is 0 Å². The van der Waals surface area contributed by atoms with Crippen LogP contribution >= 0.6 is 0 Å². The monoisotopic (exact) mass is 319 g/mol. The Morgan fingerprint density at radius 3 is 1.54 bits per heavy atom. The number of ether oxygens (including phenoxy) is 2. The van der Waals surface area contributed by atoms with Crippen molar-refractivity contribution in [2.45, 2.75) is 6.29 Å². The molecule has 0 atom stereocenters. The Balaban J connectivity index is 1.76. The van der Waals surface area contributed by atoms with Crippen LogP contribution in [0, 0.1) is 0 Å². The zero-order chi connectivity index (χ0) is 16.6. The van der Waals surface area contributed by atoms with Crippen molar-refractivity contribution >= 4 is 11.6 Å². The molecule has 0 heterocycles. The van der Waals surface area contributed by atoms with Crippen LogP contribution in [0.2, 0.25) is 0 Å². The maximum atomic E-state index is 12.6. The number of rotatable bonds is 6. The van der Waals surface area contributed by atoms with Gasteiger partial charge in [-0.3, -0.25) is 4.79 Å². The van der Waals surface area contributed by atoms with Crippen LogP contribution in [0.1, 0.15) is 0 Å². The predicted octanol–water partition coefficient (Wildman–Crippen LogP) is 4.11. The fraction of sp³-hybridized carbons (Fsp3) is 0.0500. The normalized spacial score (nSPS) is 10.2. The fourth-order valence-corrected chi connectivity index (χ4v) is 2.10. The number of nitrogens with one attached hydrogen (secondary N) is 1. The van der Waals surface area contributed by atoms with Crippen LogP contribution in [-0.4, -0.2) is 12.2 Å². The van der Waals surface area contributed by atoms with E-state index in [2.05, 4.69) is 5.32 Å². The summed E-state index contributed by atoms with van der Waals surface area (Å²) in [4.78, 5) is 12.6. The summed E-state index contributed by atoms with van der Waals surface area (Å²) in [6.07, 6.45) is -1.10. The molecule has 3 aromatic rings. The van der Waals surface area contributed by atoms with Crippen LogP contribution in [0.5, 0.6) is 11.5 Å². The Hall–Kier alpha value is -3.27. The van der Waals surface area contributed by atoms with Gasteiger partial charge in [0, 0.05) is 5.69 Å². The second kappa shape index (κ2) is 7.83. The molecular formula is C20H17NO3. The van der Waals surface area contributed by atoms with Crippen molar-refractivity contribution < 1.29 is 14.3 Å². The van der Waals surface area contributed by atoms with Crippen molar-refractivity contribution in [3.8, 4) is 11.5 Å². The topological polar surface area (TPSA) is 47.6 Å². The van der Waals surface area contributed by atoms with Crippen molar-refractivity contribution in [1.82, 2.24) is 0 Å². The molecule has 1 amide bonds. The van der Waals surface area contributed by atoms with E-state index in [4.69, 9.17) is 9.47 Å². The smallest absolute Gasteiger partial charge is 0.321 e. The molecule has 1 N–H and O–H groups in total. The second-order valence-electron chi connectivity index (χ2n) is 5.05. The van der Waals surface area contributed by atoms with Crippen molar-refractivity contribution in [2.75, 3.05) is 5.32 Å². The Kier molecular flexibility index (Phi) is 5.10. The van der Waals surface area contributed by atoms with Gasteiger partial charge in [0.15, 0.2) is 0 Å². The maximum Gasteiger partial charge on any atom is 0.321 e. The standard InChI is InChI=1S/C20H17NO3/c22-19(21-16-10-4-1-5-11-16)20(23-17-12-6-2-7-13-17)24-18-14-8-3-9-15-18/h1-15,20H,(H,21,22). The molecule has 3 rings (SSSR count). The van der Waals surface area contributed by atoms with E-state index in [-0.39, 0.29) is 5.91 Å². The van der Waals surface area contributed by atoms with Crippen molar-refractivity contribution in [2.24, 2.45) is 0 Å². The van der Waals surface area contributed by atoms with Gasteiger partial charge in [0.2, 0.25) is 0 Å². The molecule has 24 heavy (non-hydrogen) atoms. The number of carbonyl (C=O) groups excluding carboxylic acids is 1. The molecule has 0 bridgehead atoms. The first-order valence-electron chi connectivity index (χ1n) is 7.60. The number of benzene rings is 3. The number of anilines is 1. The van der Waals surface area contributed by atoms with E-state index in [1.54, 1.807) is 36.4 Å². The summed E-state index contributed by atoms with van der Waals surface area (Å²) in [6, 6.07) is 27.4. The highest BCUT2D eigenvalue weighted by Gasteiger charge is 2.22. The Morgan fingerprint density at radius 1 is 0.667 bits per heavy atom. The maximum absolute atomic E-state index is 12.6. The molecule has 0 fully saturated rings. The highest BCUT2D eigenvalue weighted by Crippen LogP contribution is 2.17. The third-order valence-corrected chi connectivity index (χ3v) is 3.23. The average molecular weight is 319 g/mol. The quantitative estimate of drug-likeness (QED) is 0.696. The molecule has 0 radical (unpaired) electrons. The summed E-state index contributed by atoms with van der Waals surface area (Å²) in [5, 5.41) is 2.79. The molecule has 0 aliphatic rings.